The average Bonchev–Trinajstić information content (AvgIpc) is 3.64. The van der Waals surface area contributed by atoms with E-state index >= 15 is 0 Å². The second-order valence-corrected chi connectivity index (χ2v) is 8.62. The van der Waals surface area contributed by atoms with E-state index in [1.807, 2.05) is 18.2 Å². The first-order valence-electron chi connectivity index (χ1n) is 11.1. The van der Waals surface area contributed by atoms with Gasteiger partial charge in [0.25, 0.3) is 5.69 Å². The van der Waals surface area contributed by atoms with E-state index in [4.69, 9.17) is 0 Å². The molecule has 4 rings (SSSR count). The molecule has 31 heavy (non-hydrogen) atoms. The highest BCUT2D eigenvalue weighted by atomic mass is 16.6. The first kappa shape index (κ1) is 21.3. The minimum atomic E-state index is -0.378. The third kappa shape index (κ3) is 5.41. The van der Waals surface area contributed by atoms with E-state index in [-0.39, 0.29) is 22.6 Å². The third-order valence-electron chi connectivity index (χ3n) is 6.47. The number of amides is 1. The molecular weight excluding hydrogens is 392 g/mol. The number of nitro benzene ring substituents is 1. The average molecular weight is 423 g/mol. The maximum atomic E-state index is 13.2. The molecule has 2 aromatic carbocycles. The summed E-state index contributed by atoms with van der Waals surface area (Å²) < 4.78 is 0. The number of nitro groups is 1. The summed E-state index contributed by atoms with van der Waals surface area (Å²) in [6.45, 7) is 6.52. The first-order valence-corrected chi connectivity index (χ1v) is 11.1. The van der Waals surface area contributed by atoms with Crippen LogP contribution >= 0.6 is 0 Å². The molecule has 1 aliphatic carbocycles. The van der Waals surface area contributed by atoms with Crippen molar-refractivity contribution in [2.75, 3.05) is 37.6 Å². The number of benzene rings is 2. The van der Waals surface area contributed by atoms with Crippen molar-refractivity contribution in [3.8, 4) is 0 Å². The molecule has 1 heterocycles. The fraction of sp³-hybridized carbons (Fsp3) is 0.458. The van der Waals surface area contributed by atoms with Crippen LogP contribution in [0, 0.1) is 16.0 Å². The van der Waals surface area contributed by atoms with Gasteiger partial charge < -0.3 is 9.80 Å². The molecule has 164 valence electrons. The maximum Gasteiger partial charge on any atom is 0.269 e. The van der Waals surface area contributed by atoms with Gasteiger partial charge in [-0.15, -0.1) is 0 Å². The fourth-order valence-corrected chi connectivity index (χ4v) is 4.30. The molecule has 2 aromatic rings. The topological polar surface area (TPSA) is 69.9 Å². The normalized spacial score (nSPS) is 17.9. The summed E-state index contributed by atoms with van der Waals surface area (Å²) in [4.78, 5) is 30.2. The number of carbonyl (C=O) groups is 1. The van der Waals surface area contributed by atoms with Crippen LogP contribution < -0.4 is 4.90 Å². The Labute approximate surface area is 183 Å². The van der Waals surface area contributed by atoms with Crippen LogP contribution in [0.3, 0.4) is 0 Å². The van der Waals surface area contributed by atoms with E-state index in [1.54, 1.807) is 24.3 Å². The monoisotopic (exact) mass is 422 g/mol. The van der Waals surface area contributed by atoms with Gasteiger partial charge in [-0.1, -0.05) is 30.3 Å². The molecule has 0 bridgehead atoms. The summed E-state index contributed by atoms with van der Waals surface area (Å²) in [6, 6.07) is 17.2. The highest BCUT2D eigenvalue weighted by molar-refractivity contribution is 5.78. The van der Waals surface area contributed by atoms with E-state index in [2.05, 4.69) is 33.8 Å². The minimum absolute atomic E-state index is 0.108. The quantitative estimate of drug-likeness (QED) is 0.481. The van der Waals surface area contributed by atoms with Crippen LogP contribution in [0.1, 0.15) is 25.3 Å². The number of anilines is 1. The zero-order valence-electron chi connectivity index (χ0n) is 18.0. The molecule has 1 saturated heterocycles. The van der Waals surface area contributed by atoms with E-state index in [9.17, 15) is 14.9 Å². The van der Waals surface area contributed by atoms with Gasteiger partial charge in [-0.2, -0.15) is 0 Å². The largest absolute Gasteiger partial charge is 0.369 e. The smallest absolute Gasteiger partial charge is 0.269 e. The van der Waals surface area contributed by atoms with E-state index in [1.165, 1.54) is 18.4 Å². The van der Waals surface area contributed by atoms with Gasteiger partial charge in [0.15, 0.2) is 0 Å². The predicted octanol–water partition coefficient (Wildman–Crippen LogP) is 3.54. The molecule has 0 unspecified atom stereocenters. The molecule has 7 nitrogen and oxygen atoms in total. The number of carbonyl (C=O) groups excluding carboxylic acids is 1. The Hall–Kier alpha value is -2.93. The molecule has 1 saturated carbocycles. The molecule has 1 aliphatic heterocycles. The van der Waals surface area contributed by atoms with Crippen molar-refractivity contribution in [3.05, 3.63) is 70.3 Å². The molecule has 2 aliphatic rings. The molecule has 0 N–H and O–H groups in total. The number of piperazine rings is 1. The maximum absolute atomic E-state index is 13.2. The molecule has 7 heteroatoms. The SMILES string of the molecule is C[C@H](C1CC1)N(Cc1ccccc1)C(=O)CN1CCN(c2ccc([N+](=O)[O-])cc2)CC1. The van der Waals surface area contributed by atoms with Crippen LogP contribution in [0.15, 0.2) is 54.6 Å². The summed E-state index contributed by atoms with van der Waals surface area (Å²) in [5.41, 5.74) is 2.27. The Bertz CT molecular complexity index is 891. The summed E-state index contributed by atoms with van der Waals surface area (Å²) in [7, 11) is 0. The zero-order valence-corrected chi connectivity index (χ0v) is 18.0. The number of hydrogen-bond donors (Lipinski definition) is 0. The van der Waals surface area contributed by atoms with Crippen molar-refractivity contribution in [2.24, 2.45) is 5.92 Å². The van der Waals surface area contributed by atoms with Crippen LogP contribution in [-0.2, 0) is 11.3 Å². The van der Waals surface area contributed by atoms with Crippen LogP contribution in [0.2, 0.25) is 0 Å². The Morgan fingerprint density at radius 2 is 1.71 bits per heavy atom. The van der Waals surface area contributed by atoms with Crippen molar-refractivity contribution in [3.63, 3.8) is 0 Å². The lowest BCUT2D eigenvalue weighted by Gasteiger charge is -2.37. The van der Waals surface area contributed by atoms with Crippen molar-refractivity contribution in [1.82, 2.24) is 9.80 Å². The number of non-ortho nitro benzene ring substituents is 1. The Morgan fingerprint density at radius 1 is 1.06 bits per heavy atom. The van der Waals surface area contributed by atoms with Crippen LogP contribution in [0.5, 0.6) is 0 Å². The van der Waals surface area contributed by atoms with E-state index < -0.39 is 0 Å². The lowest BCUT2D eigenvalue weighted by Crippen LogP contribution is -2.51. The summed E-state index contributed by atoms with van der Waals surface area (Å²) in [6.07, 6.45) is 2.43. The van der Waals surface area contributed by atoms with Gasteiger partial charge in [-0.25, -0.2) is 0 Å². The minimum Gasteiger partial charge on any atom is -0.369 e. The number of hydrogen-bond acceptors (Lipinski definition) is 5. The van der Waals surface area contributed by atoms with Gasteiger partial charge in [-0.05, 0) is 43.4 Å². The first-order chi connectivity index (χ1) is 15.0. The Morgan fingerprint density at radius 3 is 2.29 bits per heavy atom. The van der Waals surface area contributed by atoms with Gasteiger partial charge >= 0.3 is 0 Å². The molecular formula is C24H30N4O3. The second-order valence-electron chi connectivity index (χ2n) is 8.62. The standard InChI is InChI=1S/C24H30N4O3/c1-19(21-7-8-21)27(17-20-5-3-2-4-6-20)24(29)18-25-13-15-26(16-14-25)22-9-11-23(12-10-22)28(30)31/h2-6,9-12,19,21H,7-8,13-18H2,1H3/t19-/m1/s1. The van der Waals surface area contributed by atoms with Crippen LogP contribution in [0.25, 0.3) is 0 Å². The fourth-order valence-electron chi connectivity index (χ4n) is 4.30. The predicted molar refractivity (Wildman–Crippen MR) is 121 cm³/mol. The molecule has 0 spiro atoms. The summed E-state index contributed by atoms with van der Waals surface area (Å²) >= 11 is 0. The number of nitrogens with zero attached hydrogens (tertiary/aromatic N) is 4. The Kier molecular flexibility index (Phi) is 6.51. The van der Waals surface area contributed by atoms with Crippen molar-refractivity contribution in [1.29, 1.82) is 0 Å². The summed E-state index contributed by atoms with van der Waals surface area (Å²) in [5, 5.41) is 10.8. The van der Waals surface area contributed by atoms with E-state index in [0.29, 0.717) is 19.0 Å². The highest BCUT2D eigenvalue weighted by Crippen LogP contribution is 2.35. The molecule has 2 fully saturated rings. The molecule has 0 aromatic heterocycles. The van der Waals surface area contributed by atoms with Gasteiger partial charge in [-0.3, -0.25) is 19.8 Å². The van der Waals surface area contributed by atoms with Crippen LogP contribution in [0.4, 0.5) is 11.4 Å². The van der Waals surface area contributed by atoms with Gasteiger partial charge in [0.05, 0.1) is 11.5 Å². The Balaban J connectivity index is 1.33. The van der Waals surface area contributed by atoms with Crippen molar-refractivity contribution >= 4 is 17.3 Å². The summed E-state index contributed by atoms with van der Waals surface area (Å²) in [5.74, 6) is 0.832. The van der Waals surface area contributed by atoms with Gasteiger partial charge in [0.2, 0.25) is 5.91 Å². The second kappa shape index (κ2) is 9.47. The van der Waals surface area contributed by atoms with E-state index in [0.717, 1.165) is 31.9 Å². The molecule has 1 amide bonds. The van der Waals surface area contributed by atoms with Crippen molar-refractivity contribution < 1.29 is 9.72 Å². The highest BCUT2D eigenvalue weighted by Gasteiger charge is 2.35. The lowest BCUT2D eigenvalue weighted by atomic mass is 10.1. The zero-order chi connectivity index (χ0) is 21.8. The van der Waals surface area contributed by atoms with Crippen LogP contribution in [-0.4, -0.2) is 59.4 Å². The van der Waals surface area contributed by atoms with Gasteiger partial charge in [0, 0.05) is 56.6 Å². The number of rotatable bonds is 8. The van der Waals surface area contributed by atoms with Gasteiger partial charge in [0.1, 0.15) is 0 Å². The van der Waals surface area contributed by atoms with Crippen molar-refractivity contribution in [2.45, 2.75) is 32.4 Å². The third-order valence-corrected chi connectivity index (χ3v) is 6.47. The molecule has 0 radical (unpaired) electrons. The lowest BCUT2D eigenvalue weighted by molar-refractivity contribution is -0.384. The molecule has 1 atom stereocenters.